The maximum Gasteiger partial charge on any atom is 0.143 e. The Morgan fingerprint density at radius 3 is 1.39 bits per heavy atom. The number of fused-ring (bicyclic) bond motifs is 8. The second-order valence-electron chi connectivity index (χ2n) is 16.1. The van der Waals surface area contributed by atoms with E-state index in [4.69, 9.17) is 4.42 Å². The summed E-state index contributed by atoms with van der Waals surface area (Å²) in [6.07, 6.45) is 0. The van der Waals surface area contributed by atoms with Gasteiger partial charge in [0.2, 0.25) is 0 Å². The Kier molecular flexibility index (Phi) is 8.53. The molecule has 0 atom stereocenters. The van der Waals surface area contributed by atoms with Crippen LogP contribution in [-0.2, 0) is 0 Å². The zero-order chi connectivity index (χ0) is 41.0. The van der Waals surface area contributed by atoms with Gasteiger partial charge in [-0.25, -0.2) is 0 Å². The van der Waals surface area contributed by atoms with Crippen LogP contribution in [0.2, 0.25) is 0 Å². The molecule has 12 rings (SSSR count). The first-order valence-electron chi connectivity index (χ1n) is 21.2. The predicted octanol–water partition coefficient (Wildman–Crippen LogP) is 17.2. The van der Waals surface area contributed by atoms with Gasteiger partial charge in [-0.05, 0) is 138 Å². The number of furan rings is 1. The van der Waals surface area contributed by atoms with Crippen molar-refractivity contribution in [1.29, 1.82) is 0 Å². The molecule has 62 heavy (non-hydrogen) atoms. The molecule has 290 valence electrons. The van der Waals surface area contributed by atoms with Crippen molar-refractivity contribution in [2.75, 3.05) is 4.90 Å². The molecule has 0 amide bonds. The molecule has 0 bridgehead atoms. The fraction of sp³-hybridized carbons (Fsp3) is 0. The molecule has 0 N–H and O–H groups in total. The van der Waals surface area contributed by atoms with Gasteiger partial charge in [-0.1, -0.05) is 170 Å². The minimum absolute atomic E-state index is 0.863. The Labute approximate surface area is 360 Å². The summed E-state index contributed by atoms with van der Waals surface area (Å²) in [5.74, 6) is 0. The molecule has 0 unspecified atom stereocenters. The molecular formula is C60H39NO. The lowest BCUT2D eigenvalue weighted by molar-refractivity contribution is 0.672. The van der Waals surface area contributed by atoms with Crippen molar-refractivity contribution >= 4 is 71.3 Å². The van der Waals surface area contributed by atoms with Crippen LogP contribution in [0.4, 0.5) is 17.1 Å². The lowest BCUT2D eigenvalue weighted by Gasteiger charge is -2.27. The molecule has 2 nitrogen and oxygen atoms in total. The zero-order valence-corrected chi connectivity index (χ0v) is 33.9. The normalized spacial score (nSPS) is 11.5. The van der Waals surface area contributed by atoms with Crippen molar-refractivity contribution in [1.82, 2.24) is 0 Å². The topological polar surface area (TPSA) is 16.4 Å². The van der Waals surface area contributed by atoms with Crippen LogP contribution in [0.3, 0.4) is 0 Å². The standard InChI is InChI=1S/C60H39NO/c1-3-12-40(13-4-1)48-37-49(41-14-5-2-6-15-41)39-50(38-48)43-26-32-52(33-27-43)61(57-20-11-21-58-59(57)56-35-28-45-17-8-10-19-55(45)60(56)62-58)51-30-24-42(25-31-51)46-29-34-54-47(36-46)23-22-44-16-7-9-18-53(44)54/h1-39H. The summed E-state index contributed by atoms with van der Waals surface area (Å²) in [6, 6.07) is 85.5. The third-order valence-electron chi connectivity index (χ3n) is 12.4. The molecule has 1 heterocycles. The highest BCUT2D eigenvalue weighted by Crippen LogP contribution is 2.45. The van der Waals surface area contributed by atoms with Crippen LogP contribution >= 0.6 is 0 Å². The number of nitrogens with zero attached hydrogens (tertiary/aromatic N) is 1. The molecular weight excluding hydrogens is 751 g/mol. The first-order valence-corrected chi connectivity index (χ1v) is 21.2. The second kappa shape index (κ2) is 14.8. The molecule has 0 spiro atoms. The number of anilines is 3. The Morgan fingerprint density at radius 1 is 0.274 bits per heavy atom. The average Bonchev–Trinajstić information content (AvgIpc) is 3.75. The van der Waals surface area contributed by atoms with E-state index < -0.39 is 0 Å². The monoisotopic (exact) mass is 789 g/mol. The number of rotatable bonds is 7. The molecule has 2 heteroatoms. The highest BCUT2D eigenvalue weighted by atomic mass is 16.3. The Hall–Kier alpha value is -8.20. The van der Waals surface area contributed by atoms with Crippen molar-refractivity contribution in [3.05, 3.63) is 237 Å². The van der Waals surface area contributed by atoms with Crippen LogP contribution in [0.1, 0.15) is 0 Å². The first kappa shape index (κ1) is 35.7. The Balaban J connectivity index is 0.993. The van der Waals surface area contributed by atoms with Gasteiger partial charge in [0.25, 0.3) is 0 Å². The summed E-state index contributed by atoms with van der Waals surface area (Å²) in [5, 5.41) is 9.52. The SMILES string of the molecule is c1ccc(-c2cc(-c3ccccc3)cc(-c3ccc(N(c4ccc(-c5ccc6c(ccc7ccccc76)c5)cc4)c4cccc5oc6c7ccccc7ccc6c45)cc3)c2)cc1. The molecule has 0 fully saturated rings. The van der Waals surface area contributed by atoms with Gasteiger partial charge in [-0.15, -0.1) is 0 Å². The summed E-state index contributed by atoms with van der Waals surface area (Å²) in [5.41, 5.74) is 14.4. The van der Waals surface area contributed by atoms with Gasteiger partial charge in [0.15, 0.2) is 0 Å². The number of hydrogen-bond donors (Lipinski definition) is 0. The average molecular weight is 790 g/mol. The zero-order valence-electron chi connectivity index (χ0n) is 33.9. The largest absolute Gasteiger partial charge is 0.455 e. The van der Waals surface area contributed by atoms with E-state index in [1.807, 2.05) is 0 Å². The van der Waals surface area contributed by atoms with E-state index >= 15 is 0 Å². The van der Waals surface area contributed by atoms with Crippen LogP contribution in [-0.4, -0.2) is 0 Å². The summed E-state index contributed by atoms with van der Waals surface area (Å²) >= 11 is 0. The van der Waals surface area contributed by atoms with Crippen molar-refractivity contribution in [3.8, 4) is 44.5 Å². The van der Waals surface area contributed by atoms with E-state index in [0.29, 0.717) is 0 Å². The van der Waals surface area contributed by atoms with Gasteiger partial charge >= 0.3 is 0 Å². The van der Waals surface area contributed by atoms with Crippen molar-refractivity contribution in [2.24, 2.45) is 0 Å². The molecule has 0 radical (unpaired) electrons. The predicted molar refractivity (Wildman–Crippen MR) is 263 cm³/mol. The molecule has 0 saturated heterocycles. The molecule has 0 saturated carbocycles. The third kappa shape index (κ3) is 6.20. The van der Waals surface area contributed by atoms with E-state index in [9.17, 15) is 0 Å². The van der Waals surface area contributed by atoms with Gasteiger partial charge in [-0.3, -0.25) is 0 Å². The van der Waals surface area contributed by atoms with Gasteiger partial charge in [0.05, 0.1) is 11.1 Å². The molecule has 0 aliphatic heterocycles. The Morgan fingerprint density at radius 2 is 0.742 bits per heavy atom. The van der Waals surface area contributed by atoms with Crippen LogP contribution in [0, 0.1) is 0 Å². The fourth-order valence-electron chi connectivity index (χ4n) is 9.34. The van der Waals surface area contributed by atoms with Gasteiger partial charge < -0.3 is 9.32 Å². The summed E-state index contributed by atoms with van der Waals surface area (Å²) in [6.45, 7) is 0. The Bertz CT molecular complexity index is 3550. The maximum absolute atomic E-state index is 6.71. The molecule has 1 aromatic heterocycles. The van der Waals surface area contributed by atoms with Crippen LogP contribution in [0.5, 0.6) is 0 Å². The minimum atomic E-state index is 0.863. The fourth-order valence-corrected chi connectivity index (χ4v) is 9.34. The summed E-state index contributed by atoms with van der Waals surface area (Å²) in [4.78, 5) is 2.38. The number of benzene rings is 11. The van der Waals surface area contributed by atoms with Crippen LogP contribution in [0.25, 0.3) is 98.8 Å². The van der Waals surface area contributed by atoms with Gasteiger partial charge in [-0.2, -0.15) is 0 Å². The quantitative estimate of drug-likeness (QED) is 0.150. The van der Waals surface area contributed by atoms with E-state index in [1.54, 1.807) is 0 Å². The van der Waals surface area contributed by atoms with Crippen molar-refractivity contribution in [3.63, 3.8) is 0 Å². The number of hydrogen-bond acceptors (Lipinski definition) is 2. The van der Waals surface area contributed by atoms with Crippen LogP contribution < -0.4 is 4.90 Å². The van der Waals surface area contributed by atoms with Gasteiger partial charge in [0, 0.05) is 22.1 Å². The third-order valence-corrected chi connectivity index (χ3v) is 12.4. The van der Waals surface area contributed by atoms with E-state index in [1.165, 1.54) is 60.5 Å². The molecule has 11 aromatic carbocycles. The first-order chi connectivity index (χ1) is 30.7. The second-order valence-corrected chi connectivity index (χ2v) is 16.1. The van der Waals surface area contributed by atoms with E-state index in [2.05, 4.69) is 241 Å². The summed E-state index contributed by atoms with van der Waals surface area (Å²) < 4.78 is 6.71. The molecule has 12 aromatic rings. The van der Waals surface area contributed by atoms with E-state index in [0.717, 1.165) is 55.3 Å². The lowest BCUT2D eigenvalue weighted by Crippen LogP contribution is -2.10. The van der Waals surface area contributed by atoms with Gasteiger partial charge in [0.1, 0.15) is 11.2 Å². The minimum Gasteiger partial charge on any atom is -0.455 e. The lowest BCUT2D eigenvalue weighted by atomic mass is 9.93. The molecule has 0 aliphatic rings. The molecule has 0 aliphatic carbocycles. The maximum atomic E-state index is 6.71. The van der Waals surface area contributed by atoms with Crippen LogP contribution in [0.15, 0.2) is 241 Å². The van der Waals surface area contributed by atoms with Crippen molar-refractivity contribution in [2.45, 2.75) is 0 Å². The highest BCUT2D eigenvalue weighted by Gasteiger charge is 2.21. The van der Waals surface area contributed by atoms with E-state index in [-0.39, 0.29) is 0 Å². The summed E-state index contributed by atoms with van der Waals surface area (Å²) in [7, 11) is 0. The van der Waals surface area contributed by atoms with Crippen molar-refractivity contribution < 1.29 is 4.42 Å². The highest BCUT2D eigenvalue weighted by molar-refractivity contribution is 6.19. The smallest absolute Gasteiger partial charge is 0.143 e.